The molecule has 0 radical (unpaired) electrons. The first-order valence-electron chi connectivity index (χ1n) is 7.69. The van der Waals surface area contributed by atoms with Gasteiger partial charge in [-0.2, -0.15) is 5.10 Å². The number of anilines is 1. The summed E-state index contributed by atoms with van der Waals surface area (Å²) in [5, 5.41) is 8.05. The number of benzene rings is 1. The monoisotopic (exact) mass is 368 g/mol. The molecule has 2 aromatic rings. The topological polar surface area (TPSA) is 82.2 Å². The Morgan fingerprint density at radius 2 is 2.21 bits per heavy atom. The molecule has 1 aromatic heterocycles. The molecular formula is C16H18Cl2N4O2. The van der Waals surface area contributed by atoms with Crippen LogP contribution >= 0.6 is 23.2 Å². The lowest BCUT2D eigenvalue weighted by Gasteiger charge is -2.14. The minimum Gasteiger partial charge on any atom is -0.364 e. The number of halogens is 2. The minimum absolute atomic E-state index is 0.0454. The van der Waals surface area contributed by atoms with E-state index in [1.54, 1.807) is 23.0 Å². The summed E-state index contributed by atoms with van der Waals surface area (Å²) in [7, 11) is 0. The third-order valence-corrected chi connectivity index (χ3v) is 4.84. The summed E-state index contributed by atoms with van der Waals surface area (Å²) in [6.45, 7) is 0.827. The van der Waals surface area contributed by atoms with Crippen LogP contribution in [0.3, 0.4) is 0 Å². The average Bonchev–Trinajstić information content (AvgIpc) is 3.21. The normalized spacial score (nSPS) is 20.3. The van der Waals surface area contributed by atoms with Gasteiger partial charge >= 0.3 is 0 Å². The zero-order valence-electron chi connectivity index (χ0n) is 12.9. The Kier molecular flexibility index (Phi) is 5.40. The number of nitrogens with one attached hydrogen (secondary N) is 1. The van der Waals surface area contributed by atoms with Gasteiger partial charge in [0.2, 0.25) is 0 Å². The van der Waals surface area contributed by atoms with Gasteiger partial charge in [-0.1, -0.05) is 35.3 Å². The molecule has 6 nitrogen and oxygen atoms in total. The van der Waals surface area contributed by atoms with Crippen molar-refractivity contribution >= 4 is 34.9 Å². The van der Waals surface area contributed by atoms with E-state index in [4.69, 9.17) is 33.7 Å². The highest BCUT2D eigenvalue weighted by Gasteiger charge is 2.30. The van der Waals surface area contributed by atoms with Gasteiger partial charge in [-0.05, 0) is 24.5 Å². The van der Waals surface area contributed by atoms with Crippen LogP contribution < -0.4 is 11.1 Å². The fourth-order valence-corrected chi connectivity index (χ4v) is 3.06. The van der Waals surface area contributed by atoms with Crippen molar-refractivity contribution in [1.29, 1.82) is 0 Å². The lowest BCUT2D eigenvalue weighted by molar-refractivity contribution is -0.126. The second-order valence-corrected chi connectivity index (χ2v) is 6.42. The lowest BCUT2D eigenvalue weighted by atomic mass is 10.2. The van der Waals surface area contributed by atoms with Gasteiger partial charge in [0, 0.05) is 12.6 Å². The first-order valence-corrected chi connectivity index (χ1v) is 8.45. The largest absolute Gasteiger partial charge is 0.364 e. The summed E-state index contributed by atoms with van der Waals surface area (Å²) in [6.07, 6.45) is 2.56. The van der Waals surface area contributed by atoms with Gasteiger partial charge in [0.25, 0.3) is 5.91 Å². The van der Waals surface area contributed by atoms with Crippen LogP contribution in [-0.4, -0.2) is 34.4 Å². The minimum atomic E-state index is -0.475. The molecule has 3 rings (SSSR count). The number of hydrogen-bond acceptors (Lipinski definition) is 4. The number of aromatic nitrogens is 2. The molecule has 1 aliphatic rings. The molecule has 1 aromatic carbocycles. The van der Waals surface area contributed by atoms with Gasteiger partial charge in [0.15, 0.2) is 0 Å². The van der Waals surface area contributed by atoms with Crippen molar-refractivity contribution in [2.75, 3.05) is 11.9 Å². The van der Waals surface area contributed by atoms with Gasteiger partial charge in [-0.3, -0.25) is 4.79 Å². The Bertz CT molecular complexity index is 735. The van der Waals surface area contributed by atoms with E-state index in [2.05, 4.69) is 10.4 Å². The Labute approximate surface area is 149 Å². The number of carbonyl (C=O) groups excluding carboxylic acids is 1. The molecule has 0 saturated carbocycles. The molecule has 2 heterocycles. The second-order valence-electron chi connectivity index (χ2n) is 5.64. The summed E-state index contributed by atoms with van der Waals surface area (Å²) in [5.41, 5.74) is 6.40. The number of nitrogens with two attached hydrogens (primary N) is 1. The molecule has 1 aliphatic heterocycles. The third kappa shape index (κ3) is 3.72. The van der Waals surface area contributed by atoms with E-state index in [9.17, 15) is 4.79 Å². The molecule has 24 heavy (non-hydrogen) atoms. The molecule has 3 N–H and O–H groups in total. The number of carbonyl (C=O) groups is 1. The fourth-order valence-electron chi connectivity index (χ4n) is 2.68. The van der Waals surface area contributed by atoms with Gasteiger partial charge in [0.05, 0.1) is 28.9 Å². The first kappa shape index (κ1) is 17.2. The van der Waals surface area contributed by atoms with E-state index in [0.717, 1.165) is 12.0 Å². The molecule has 0 unspecified atom stereocenters. The van der Waals surface area contributed by atoms with Crippen LogP contribution in [0, 0.1) is 0 Å². The van der Waals surface area contributed by atoms with Crippen molar-refractivity contribution in [2.24, 2.45) is 5.73 Å². The Morgan fingerprint density at radius 3 is 2.96 bits per heavy atom. The van der Waals surface area contributed by atoms with Crippen LogP contribution in [0.1, 0.15) is 18.4 Å². The summed E-state index contributed by atoms with van der Waals surface area (Å²) in [4.78, 5) is 12.3. The van der Waals surface area contributed by atoms with Gasteiger partial charge in [-0.25, -0.2) is 4.68 Å². The van der Waals surface area contributed by atoms with Gasteiger partial charge in [-0.15, -0.1) is 0 Å². The van der Waals surface area contributed by atoms with E-state index in [-0.39, 0.29) is 12.0 Å². The van der Waals surface area contributed by atoms with Crippen molar-refractivity contribution in [2.45, 2.75) is 31.6 Å². The van der Waals surface area contributed by atoms with Crippen LogP contribution in [-0.2, 0) is 16.1 Å². The number of amides is 1. The quantitative estimate of drug-likeness (QED) is 0.849. The predicted molar refractivity (Wildman–Crippen MR) is 93.4 cm³/mol. The molecule has 1 saturated heterocycles. The van der Waals surface area contributed by atoms with E-state index in [1.807, 2.05) is 12.1 Å². The molecule has 1 fully saturated rings. The smallest absolute Gasteiger partial charge is 0.254 e. The maximum absolute atomic E-state index is 12.3. The van der Waals surface area contributed by atoms with E-state index >= 15 is 0 Å². The highest BCUT2D eigenvalue weighted by molar-refractivity contribution is 6.42. The summed E-state index contributed by atoms with van der Waals surface area (Å²) in [6, 6.07) is 7.15. The highest BCUT2D eigenvalue weighted by atomic mass is 35.5. The summed E-state index contributed by atoms with van der Waals surface area (Å²) in [5.74, 6) is 0.390. The molecule has 1 amide bonds. The first-order chi connectivity index (χ1) is 11.6. The van der Waals surface area contributed by atoms with Crippen molar-refractivity contribution < 1.29 is 9.53 Å². The molecule has 0 aliphatic carbocycles. The number of hydrogen-bond donors (Lipinski definition) is 2. The predicted octanol–water partition coefficient (Wildman–Crippen LogP) is 2.68. The van der Waals surface area contributed by atoms with Crippen molar-refractivity contribution in [3.05, 3.63) is 46.1 Å². The van der Waals surface area contributed by atoms with Crippen molar-refractivity contribution in [3.63, 3.8) is 0 Å². The SMILES string of the molecule is NC[C@H]1CC[C@@H](C(=O)Nc2ccnn2Cc2cccc(Cl)c2Cl)O1. The van der Waals surface area contributed by atoms with Crippen LogP contribution in [0.25, 0.3) is 0 Å². The molecule has 128 valence electrons. The van der Waals surface area contributed by atoms with E-state index in [0.29, 0.717) is 35.4 Å². The number of rotatable bonds is 5. The number of nitrogens with zero attached hydrogens (tertiary/aromatic N) is 2. The lowest BCUT2D eigenvalue weighted by Crippen LogP contribution is -2.30. The molecule has 0 bridgehead atoms. The highest BCUT2D eigenvalue weighted by Crippen LogP contribution is 2.27. The van der Waals surface area contributed by atoms with Crippen LogP contribution in [0.2, 0.25) is 10.0 Å². The average molecular weight is 369 g/mol. The summed E-state index contributed by atoms with van der Waals surface area (Å²) < 4.78 is 7.27. The van der Waals surface area contributed by atoms with E-state index < -0.39 is 6.10 Å². The maximum atomic E-state index is 12.3. The maximum Gasteiger partial charge on any atom is 0.254 e. The number of ether oxygens (including phenoxy) is 1. The Hall–Kier alpha value is -1.60. The fraction of sp³-hybridized carbons (Fsp3) is 0.375. The zero-order chi connectivity index (χ0) is 17.1. The Morgan fingerprint density at radius 1 is 1.38 bits per heavy atom. The van der Waals surface area contributed by atoms with Gasteiger partial charge in [0.1, 0.15) is 11.9 Å². The van der Waals surface area contributed by atoms with Crippen LogP contribution in [0.5, 0.6) is 0 Å². The van der Waals surface area contributed by atoms with Crippen LogP contribution in [0.15, 0.2) is 30.5 Å². The zero-order valence-corrected chi connectivity index (χ0v) is 14.4. The molecule has 2 atom stereocenters. The Balaban J connectivity index is 1.69. The van der Waals surface area contributed by atoms with Crippen LogP contribution in [0.4, 0.5) is 5.82 Å². The molecule has 0 spiro atoms. The third-order valence-electron chi connectivity index (χ3n) is 3.98. The van der Waals surface area contributed by atoms with Crippen molar-refractivity contribution in [3.8, 4) is 0 Å². The van der Waals surface area contributed by atoms with E-state index in [1.165, 1.54) is 0 Å². The molecule has 8 heteroatoms. The summed E-state index contributed by atoms with van der Waals surface area (Å²) >= 11 is 12.2. The standard InChI is InChI=1S/C16H18Cl2N4O2/c17-12-3-1-2-10(15(12)18)9-22-14(6-7-20-22)21-16(23)13-5-4-11(8-19)24-13/h1-3,6-7,11,13H,4-5,8-9,19H2,(H,21,23)/t11-,13+/m1/s1. The second kappa shape index (κ2) is 7.53. The van der Waals surface area contributed by atoms with Crippen molar-refractivity contribution in [1.82, 2.24) is 9.78 Å². The molecular weight excluding hydrogens is 351 g/mol. The van der Waals surface area contributed by atoms with Gasteiger partial charge < -0.3 is 15.8 Å².